The fourth-order valence-corrected chi connectivity index (χ4v) is 2.34. The molecule has 0 heterocycles. The van der Waals surface area contributed by atoms with Crippen LogP contribution in [0.1, 0.15) is 5.56 Å². The normalized spacial score (nSPS) is 14.6. The van der Waals surface area contributed by atoms with E-state index in [-0.39, 0.29) is 11.2 Å². The van der Waals surface area contributed by atoms with Crippen molar-refractivity contribution in [1.82, 2.24) is 5.43 Å². The fraction of sp³-hybridized carbons (Fsp3) is 0.429. The van der Waals surface area contributed by atoms with Crippen molar-refractivity contribution in [3.63, 3.8) is 0 Å². The van der Waals surface area contributed by atoms with Crippen molar-refractivity contribution in [3.8, 4) is 5.75 Å². The summed E-state index contributed by atoms with van der Waals surface area (Å²) >= 11 is 11.0. The highest BCUT2D eigenvalue weighted by atomic mass is 35.5. The summed E-state index contributed by atoms with van der Waals surface area (Å²) in [5.41, 5.74) is -0.142. The van der Waals surface area contributed by atoms with Crippen LogP contribution >= 0.6 is 23.2 Å². The molecule has 188 valence electrons. The van der Waals surface area contributed by atoms with E-state index in [2.05, 4.69) is 5.10 Å². The molecule has 1 amide bonds. The van der Waals surface area contributed by atoms with Crippen LogP contribution in [-0.2, 0) is 4.79 Å². The number of halogens is 15. The number of phenolic OH excluding ortho intramolecular Hbond substituents is 1. The van der Waals surface area contributed by atoms with Crippen molar-refractivity contribution in [2.24, 2.45) is 5.10 Å². The summed E-state index contributed by atoms with van der Waals surface area (Å²) < 4.78 is 168. The molecule has 0 saturated carbocycles. The molecule has 0 fully saturated rings. The lowest BCUT2D eigenvalue weighted by atomic mass is 9.93. The number of hydrogen-bond acceptors (Lipinski definition) is 3. The molecule has 0 aromatic heterocycles. The molecule has 33 heavy (non-hydrogen) atoms. The van der Waals surface area contributed by atoms with Crippen LogP contribution in [0.3, 0.4) is 0 Å². The highest BCUT2D eigenvalue weighted by Crippen LogP contribution is 2.60. The third-order valence-corrected chi connectivity index (χ3v) is 4.15. The van der Waals surface area contributed by atoms with Gasteiger partial charge in [-0.15, -0.1) is 0 Å². The van der Waals surface area contributed by atoms with E-state index in [4.69, 9.17) is 23.2 Å². The van der Waals surface area contributed by atoms with Gasteiger partial charge in [0.2, 0.25) is 0 Å². The van der Waals surface area contributed by atoms with Crippen LogP contribution in [0.15, 0.2) is 17.2 Å². The topological polar surface area (TPSA) is 61.7 Å². The van der Waals surface area contributed by atoms with Crippen LogP contribution in [0, 0.1) is 0 Å². The Bertz CT molecular complexity index is 948. The van der Waals surface area contributed by atoms with Crippen LogP contribution < -0.4 is 5.43 Å². The lowest BCUT2D eigenvalue weighted by Gasteiger charge is -2.38. The Labute approximate surface area is 182 Å². The van der Waals surface area contributed by atoms with E-state index >= 15 is 0 Å². The number of hydrazone groups is 1. The van der Waals surface area contributed by atoms with Crippen LogP contribution in [0.4, 0.5) is 57.1 Å². The third-order valence-electron chi connectivity index (χ3n) is 3.65. The quantitative estimate of drug-likeness (QED) is 0.253. The van der Waals surface area contributed by atoms with E-state index in [0.29, 0.717) is 5.43 Å². The number of carbonyl (C=O) groups excluding carboxylic acids is 1. The van der Waals surface area contributed by atoms with E-state index < -0.39 is 58.0 Å². The fourth-order valence-electron chi connectivity index (χ4n) is 1.83. The predicted molar refractivity (Wildman–Crippen MR) is 84.7 cm³/mol. The monoisotopic (exact) mass is 550 g/mol. The van der Waals surface area contributed by atoms with Gasteiger partial charge in [-0.2, -0.15) is 62.2 Å². The summed E-state index contributed by atoms with van der Waals surface area (Å²) in [6.45, 7) is 0. The molecule has 1 aromatic rings. The standard InChI is InChI=1S/C14H5Cl2F13N2O2/c15-5-1-4(7(32)6(16)2-5)3-30-31-8(33)9(17,18)10(19,20)11(21,22)12(23,24)13(25,26)14(27,28)29/h1-3,32H,(H,31,33)/b30-3+. The van der Waals surface area contributed by atoms with Crippen molar-refractivity contribution < 1.29 is 67.0 Å². The van der Waals surface area contributed by atoms with E-state index in [1.54, 1.807) is 0 Å². The molecular formula is C14H5Cl2F13N2O2. The Morgan fingerprint density at radius 3 is 1.73 bits per heavy atom. The molecule has 0 bridgehead atoms. The Morgan fingerprint density at radius 2 is 1.27 bits per heavy atom. The van der Waals surface area contributed by atoms with Gasteiger partial charge in [0.25, 0.3) is 0 Å². The van der Waals surface area contributed by atoms with Gasteiger partial charge in [-0.1, -0.05) is 23.2 Å². The highest BCUT2D eigenvalue weighted by Gasteiger charge is 2.91. The van der Waals surface area contributed by atoms with Crippen LogP contribution in [0.2, 0.25) is 10.0 Å². The van der Waals surface area contributed by atoms with Crippen molar-refractivity contribution in [1.29, 1.82) is 0 Å². The Balaban J connectivity index is 3.30. The molecule has 0 unspecified atom stereocenters. The second-order valence-electron chi connectivity index (χ2n) is 5.89. The van der Waals surface area contributed by atoms with E-state index in [9.17, 15) is 67.0 Å². The molecule has 2 N–H and O–H groups in total. The van der Waals surface area contributed by atoms with Gasteiger partial charge >= 0.3 is 41.7 Å². The van der Waals surface area contributed by atoms with E-state index in [1.165, 1.54) is 0 Å². The lowest BCUT2D eigenvalue weighted by Crippen LogP contribution is -2.71. The van der Waals surface area contributed by atoms with Gasteiger partial charge in [-0.25, -0.2) is 5.43 Å². The maximum absolute atomic E-state index is 13.6. The van der Waals surface area contributed by atoms with Gasteiger partial charge in [0.1, 0.15) is 5.75 Å². The van der Waals surface area contributed by atoms with Crippen molar-refractivity contribution in [2.45, 2.75) is 35.8 Å². The molecule has 0 radical (unpaired) electrons. The molecule has 0 atom stereocenters. The zero-order valence-corrected chi connectivity index (χ0v) is 16.2. The maximum atomic E-state index is 13.6. The predicted octanol–water partition coefficient (Wildman–Crippen LogP) is 5.89. The third kappa shape index (κ3) is 4.61. The zero-order valence-electron chi connectivity index (χ0n) is 14.7. The van der Waals surface area contributed by atoms with E-state index in [0.717, 1.165) is 12.1 Å². The number of aromatic hydroxyl groups is 1. The largest absolute Gasteiger partial charge is 0.506 e. The van der Waals surface area contributed by atoms with Crippen LogP contribution in [-0.4, -0.2) is 53.0 Å². The van der Waals surface area contributed by atoms with Crippen molar-refractivity contribution >= 4 is 35.3 Å². The minimum atomic E-state index is -8.14. The minimum Gasteiger partial charge on any atom is -0.506 e. The summed E-state index contributed by atoms with van der Waals surface area (Å²) in [4.78, 5) is 11.2. The summed E-state index contributed by atoms with van der Waals surface area (Å²) in [5.74, 6) is -43.5. The number of carbonyl (C=O) groups is 1. The molecule has 4 nitrogen and oxygen atoms in total. The summed E-state index contributed by atoms with van der Waals surface area (Å²) in [6, 6.07) is 1.72. The molecule has 0 spiro atoms. The summed E-state index contributed by atoms with van der Waals surface area (Å²) in [7, 11) is 0. The first-order chi connectivity index (χ1) is 14.5. The summed E-state index contributed by atoms with van der Waals surface area (Å²) in [5, 5.41) is 11.3. The Kier molecular flexibility index (Phi) is 7.48. The Hall–Kier alpha value is -2.17. The van der Waals surface area contributed by atoms with Crippen LogP contribution in [0.5, 0.6) is 5.75 Å². The molecule has 0 aliphatic carbocycles. The first-order valence-electron chi connectivity index (χ1n) is 7.44. The number of amides is 1. The van der Waals surface area contributed by atoms with Gasteiger partial charge in [-0.3, -0.25) is 4.79 Å². The zero-order chi connectivity index (χ0) is 26.4. The number of phenols is 1. The SMILES string of the molecule is O=C(N/N=C/c1cc(Cl)cc(Cl)c1O)C(F)(F)C(F)(F)C(F)(F)C(F)(F)C(F)(F)C(F)(F)F. The molecule has 0 saturated heterocycles. The van der Waals surface area contributed by atoms with Crippen LogP contribution in [0.25, 0.3) is 0 Å². The van der Waals surface area contributed by atoms with Gasteiger partial charge in [0.15, 0.2) is 0 Å². The molecule has 1 aromatic carbocycles. The summed E-state index contributed by atoms with van der Waals surface area (Å²) in [6.07, 6.45) is -7.40. The second kappa shape index (κ2) is 8.56. The maximum Gasteiger partial charge on any atom is 0.460 e. The number of benzene rings is 1. The second-order valence-corrected chi connectivity index (χ2v) is 6.74. The molecule has 0 aliphatic rings. The van der Waals surface area contributed by atoms with Gasteiger partial charge < -0.3 is 5.11 Å². The first kappa shape index (κ1) is 28.9. The first-order valence-corrected chi connectivity index (χ1v) is 8.19. The van der Waals surface area contributed by atoms with E-state index in [1.807, 2.05) is 0 Å². The lowest BCUT2D eigenvalue weighted by molar-refractivity contribution is -0.436. The average molecular weight is 551 g/mol. The van der Waals surface area contributed by atoms with Gasteiger partial charge in [0, 0.05) is 10.6 Å². The minimum absolute atomic E-state index is 0.170. The average Bonchev–Trinajstić information content (AvgIpc) is 2.63. The number of hydrogen-bond donors (Lipinski definition) is 2. The number of nitrogens with zero attached hydrogens (tertiary/aromatic N) is 1. The number of nitrogens with one attached hydrogen (secondary N) is 1. The van der Waals surface area contributed by atoms with Gasteiger partial charge in [-0.05, 0) is 12.1 Å². The molecule has 0 aliphatic heterocycles. The van der Waals surface area contributed by atoms with Crippen molar-refractivity contribution in [2.75, 3.05) is 0 Å². The molecule has 19 heteroatoms. The number of rotatable bonds is 7. The van der Waals surface area contributed by atoms with Gasteiger partial charge in [0.05, 0.1) is 11.2 Å². The highest BCUT2D eigenvalue weighted by molar-refractivity contribution is 6.36. The number of alkyl halides is 13. The molecule has 1 rings (SSSR count). The Morgan fingerprint density at radius 1 is 0.818 bits per heavy atom. The smallest absolute Gasteiger partial charge is 0.460 e. The van der Waals surface area contributed by atoms with Crippen molar-refractivity contribution in [3.05, 3.63) is 27.7 Å². The molecular weight excluding hydrogens is 546 g/mol.